The van der Waals surface area contributed by atoms with Gasteiger partial charge in [-0.15, -0.1) is 0 Å². The van der Waals surface area contributed by atoms with Gasteiger partial charge in [-0.25, -0.2) is 0 Å². The molecule has 5 aliphatic rings. The predicted octanol–water partition coefficient (Wildman–Crippen LogP) is 2.20. The third kappa shape index (κ3) is 1.75. The zero-order valence-electron chi connectivity index (χ0n) is 13.1. The van der Waals surface area contributed by atoms with E-state index >= 15 is 0 Å². The first-order valence-corrected chi connectivity index (χ1v) is 8.08. The topological polar surface area (TPSA) is 61.8 Å². The summed E-state index contributed by atoms with van der Waals surface area (Å²) in [4.78, 5) is 23.0. The number of rotatable bonds is 1. The summed E-state index contributed by atoms with van der Waals surface area (Å²) in [5.74, 6) is -0.447. The monoisotopic (exact) mass is 306 g/mol. The second-order valence-corrected chi connectivity index (χ2v) is 7.53. The molecular weight excluding hydrogens is 284 g/mol. The summed E-state index contributed by atoms with van der Waals surface area (Å²) < 4.78 is 17.0. The minimum atomic E-state index is -0.720. The highest BCUT2D eigenvalue weighted by Gasteiger charge is 2.69. The van der Waals surface area contributed by atoms with E-state index in [1.807, 2.05) is 6.92 Å². The molecule has 2 bridgehead atoms. The van der Waals surface area contributed by atoms with Gasteiger partial charge in [0.05, 0.1) is 12.5 Å². The Morgan fingerprint density at radius 2 is 2.18 bits per heavy atom. The van der Waals surface area contributed by atoms with Crippen LogP contribution < -0.4 is 0 Å². The highest BCUT2D eigenvalue weighted by Crippen LogP contribution is 2.68. The molecule has 2 heterocycles. The van der Waals surface area contributed by atoms with Gasteiger partial charge in [0, 0.05) is 25.2 Å². The zero-order chi connectivity index (χ0) is 15.7. The lowest BCUT2D eigenvalue weighted by molar-refractivity contribution is -0.192. The molecule has 3 saturated carbocycles. The molecule has 5 fully saturated rings. The quantitative estimate of drug-likeness (QED) is 0.549. The number of carbonyl (C=O) groups excluding carboxylic acids is 2. The molecular formula is C17H22O5. The molecule has 0 aromatic heterocycles. The Kier molecular flexibility index (Phi) is 2.81. The van der Waals surface area contributed by atoms with Crippen LogP contribution in [0.15, 0.2) is 12.2 Å². The Bertz CT molecular complexity index is 569. The predicted molar refractivity (Wildman–Crippen MR) is 76.5 cm³/mol. The maximum atomic E-state index is 11.8. The molecule has 3 aliphatic carbocycles. The average molecular weight is 306 g/mol. The lowest BCUT2D eigenvalue weighted by atomic mass is 9.44. The molecule has 120 valence electrons. The third-order valence-electron chi connectivity index (χ3n) is 6.20. The first kappa shape index (κ1) is 14.2. The van der Waals surface area contributed by atoms with Crippen LogP contribution in [0.25, 0.3) is 0 Å². The summed E-state index contributed by atoms with van der Waals surface area (Å²) in [5, 5.41) is 0. The molecule has 5 nitrogen and oxygen atoms in total. The number of carbonyl (C=O) groups is 2. The van der Waals surface area contributed by atoms with Crippen LogP contribution in [0.4, 0.5) is 0 Å². The summed E-state index contributed by atoms with van der Waals surface area (Å²) in [6.07, 6.45) is 3.15. The fourth-order valence-corrected chi connectivity index (χ4v) is 5.12. The van der Waals surface area contributed by atoms with Gasteiger partial charge in [-0.2, -0.15) is 0 Å². The van der Waals surface area contributed by atoms with Crippen LogP contribution in [0.3, 0.4) is 0 Å². The highest BCUT2D eigenvalue weighted by atomic mass is 16.7. The molecule has 5 rings (SSSR count). The van der Waals surface area contributed by atoms with Crippen molar-refractivity contribution < 1.29 is 23.8 Å². The van der Waals surface area contributed by atoms with E-state index in [4.69, 9.17) is 14.2 Å². The van der Waals surface area contributed by atoms with Gasteiger partial charge >= 0.3 is 11.9 Å². The Hall–Kier alpha value is -1.36. The van der Waals surface area contributed by atoms with Crippen molar-refractivity contribution in [3.8, 4) is 0 Å². The Morgan fingerprint density at radius 1 is 1.41 bits per heavy atom. The smallest absolute Gasteiger partial charge is 0.311 e. The molecule has 2 aliphatic heterocycles. The first-order valence-electron chi connectivity index (χ1n) is 8.08. The van der Waals surface area contributed by atoms with Crippen LogP contribution in [0.5, 0.6) is 0 Å². The van der Waals surface area contributed by atoms with Crippen LogP contribution >= 0.6 is 0 Å². The number of esters is 2. The van der Waals surface area contributed by atoms with Crippen molar-refractivity contribution in [3.63, 3.8) is 0 Å². The molecule has 5 heteroatoms. The molecule has 0 aromatic carbocycles. The fraction of sp³-hybridized carbons (Fsp3) is 0.765. The Morgan fingerprint density at radius 3 is 2.77 bits per heavy atom. The van der Waals surface area contributed by atoms with Crippen molar-refractivity contribution in [2.75, 3.05) is 6.61 Å². The second-order valence-electron chi connectivity index (χ2n) is 7.53. The van der Waals surface area contributed by atoms with Crippen LogP contribution in [-0.2, 0) is 23.8 Å². The van der Waals surface area contributed by atoms with Crippen molar-refractivity contribution in [1.29, 1.82) is 0 Å². The van der Waals surface area contributed by atoms with Crippen LogP contribution in [-0.4, -0.2) is 30.4 Å². The van der Waals surface area contributed by atoms with E-state index in [1.54, 1.807) is 0 Å². The van der Waals surface area contributed by atoms with Gasteiger partial charge in [-0.1, -0.05) is 13.5 Å². The molecule has 0 radical (unpaired) electrons. The normalized spacial score (nSPS) is 49.4. The molecule has 0 N–H and O–H groups in total. The minimum absolute atomic E-state index is 0.0259. The molecule has 0 amide bonds. The van der Waals surface area contributed by atoms with Crippen LogP contribution in [0.1, 0.15) is 39.5 Å². The maximum Gasteiger partial charge on any atom is 0.311 e. The molecule has 0 aromatic rings. The zero-order valence-corrected chi connectivity index (χ0v) is 13.1. The number of ether oxygens (including phenoxy) is 3. The minimum Gasteiger partial charge on any atom is -0.458 e. The third-order valence-corrected chi connectivity index (χ3v) is 6.20. The summed E-state index contributed by atoms with van der Waals surface area (Å²) >= 11 is 0. The van der Waals surface area contributed by atoms with E-state index in [0.29, 0.717) is 24.9 Å². The van der Waals surface area contributed by atoms with Crippen molar-refractivity contribution in [2.45, 2.75) is 51.4 Å². The van der Waals surface area contributed by atoms with E-state index in [-0.39, 0.29) is 29.4 Å². The maximum absolute atomic E-state index is 11.8. The summed E-state index contributed by atoms with van der Waals surface area (Å²) in [6, 6.07) is 0. The second kappa shape index (κ2) is 4.34. The van der Waals surface area contributed by atoms with E-state index in [1.165, 1.54) is 6.92 Å². The standard InChI is InChI=1S/C17H22O5/c1-9-6-17(22-15(9)19)7-16(8-20-17)12-4-13(16)10(2)14(5-12)21-11(3)18/h9,12-14H,2,4-8H2,1,3H3/t9-,12+,13-,14-,16-,17+/m0/s1. The van der Waals surface area contributed by atoms with Crippen molar-refractivity contribution in [2.24, 2.45) is 23.2 Å². The van der Waals surface area contributed by atoms with E-state index in [0.717, 1.165) is 24.8 Å². The van der Waals surface area contributed by atoms with Crippen molar-refractivity contribution in [3.05, 3.63) is 12.2 Å². The van der Waals surface area contributed by atoms with Crippen LogP contribution in [0, 0.1) is 23.2 Å². The van der Waals surface area contributed by atoms with Gasteiger partial charge in [0.1, 0.15) is 6.10 Å². The van der Waals surface area contributed by atoms with E-state index in [9.17, 15) is 9.59 Å². The SMILES string of the molecule is C=C1[C@@H](OC(C)=O)C[C@H]2C[C@@H]1[C@@]21CO[C@@]2(C[C@H](C)C(=O)O2)C1. The van der Waals surface area contributed by atoms with Gasteiger partial charge < -0.3 is 14.2 Å². The summed E-state index contributed by atoms with van der Waals surface area (Å²) in [7, 11) is 0. The molecule has 2 spiro atoms. The number of fused-ring (bicyclic) bond motifs is 2. The van der Waals surface area contributed by atoms with Gasteiger partial charge in [0.15, 0.2) is 0 Å². The van der Waals surface area contributed by atoms with Gasteiger partial charge in [0.2, 0.25) is 5.79 Å². The van der Waals surface area contributed by atoms with E-state index < -0.39 is 5.79 Å². The summed E-state index contributed by atoms with van der Waals surface area (Å²) in [6.45, 7) is 8.14. The van der Waals surface area contributed by atoms with E-state index in [2.05, 4.69) is 6.58 Å². The van der Waals surface area contributed by atoms with Crippen molar-refractivity contribution in [1.82, 2.24) is 0 Å². The number of hydrogen-bond acceptors (Lipinski definition) is 5. The van der Waals surface area contributed by atoms with Gasteiger partial charge in [-0.3, -0.25) is 9.59 Å². The number of hydrogen-bond donors (Lipinski definition) is 0. The lowest BCUT2D eigenvalue weighted by Gasteiger charge is -2.60. The largest absolute Gasteiger partial charge is 0.458 e. The Balaban J connectivity index is 1.53. The summed E-state index contributed by atoms with van der Waals surface area (Å²) in [5.41, 5.74) is 1.04. The van der Waals surface area contributed by atoms with Crippen molar-refractivity contribution >= 4 is 11.9 Å². The first-order chi connectivity index (χ1) is 10.4. The van der Waals surface area contributed by atoms with Gasteiger partial charge in [0.25, 0.3) is 0 Å². The molecule has 2 saturated heterocycles. The molecule has 0 unspecified atom stereocenters. The average Bonchev–Trinajstić information content (AvgIpc) is 2.94. The fourth-order valence-electron chi connectivity index (χ4n) is 5.12. The molecule has 6 atom stereocenters. The van der Waals surface area contributed by atoms with Crippen LogP contribution in [0.2, 0.25) is 0 Å². The lowest BCUT2D eigenvalue weighted by Crippen LogP contribution is -2.58. The van der Waals surface area contributed by atoms with Gasteiger partial charge in [-0.05, 0) is 30.3 Å². The molecule has 22 heavy (non-hydrogen) atoms. The Labute approximate surface area is 130 Å². The highest BCUT2D eigenvalue weighted by molar-refractivity contribution is 5.74.